The summed E-state index contributed by atoms with van der Waals surface area (Å²) in [5.41, 5.74) is 7.79. The van der Waals surface area contributed by atoms with Crippen LogP contribution in [0.15, 0.2) is 12.1 Å². The fourth-order valence-electron chi connectivity index (χ4n) is 1.64. The van der Waals surface area contributed by atoms with Crippen molar-refractivity contribution in [2.24, 2.45) is 5.73 Å². The summed E-state index contributed by atoms with van der Waals surface area (Å²) in [6, 6.07) is 4.02. The van der Waals surface area contributed by atoms with Crippen molar-refractivity contribution in [1.82, 2.24) is 0 Å². The Morgan fingerprint density at radius 1 is 1.29 bits per heavy atom. The first-order chi connectivity index (χ1) is 6.81. The van der Waals surface area contributed by atoms with E-state index >= 15 is 0 Å². The van der Waals surface area contributed by atoms with Gasteiger partial charge in [0.05, 0.1) is 13.2 Å². The summed E-state index contributed by atoms with van der Waals surface area (Å²) < 4.78 is 11.2. The van der Waals surface area contributed by atoms with Crippen molar-refractivity contribution in [3.8, 4) is 11.5 Å². The Kier molecular flexibility index (Phi) is 2.59. The Bertz CT molecular complexity index is 336. The van der Waals surface area contributed by atoms with Gasteiger partial charge in [-0.1, -0.05) is 6.07 Å². The second kappa shape index (κ2) is 3.88. The van der Waals surface area contributed by atoms with Crippen LogP contribution in [0.4, 0.5) is 0 Å². The largest absolute Gasteiger partial charge is 0.490 e. The quantitative estimate of drug-likeness (QED) is 0.737. The van der Waals surface area contributed by atoms with Gasteiger partial charge >= 0.3 is 0 Å². The number of nitrogens with two attached hydrogens (primary N) is 1. The minimum atomic E-state index is 0.539. The van der Waals surface area contributed by atoms with E-state index < -0.39 is 0 Å². The van der Waals surface area contributed by atoms with Crippen molar-refractivity contribution in [1.29, 1.82) is 0 Å². The summed E-state index contributed by atoms with van der Waals surface area (Å²) in [5.74, 6) is 1.71. The molecule has 3 nitrogen and oxygen atoms in total. The predicted octanol–water partition coefficient (Wildman–Crippen LogP) is 1.62. The van der Waals surface area contributed by atoms with Gasteiger partial charge in [0.2, 0.25) is 0 Å². The number of benzene rings is 1. The molecule has 1 aliphatic rings. The summed E-state index contributed by atoms with van der Waals surface area (Å²) in [6.07, 6.45) is 0.937. The number of fused-ring (bicyclic) bond motifs is 1. The number of aryl methyl sites for hydroxylation is 1. The van der Waals surface area contributed by atoms with Gasteiger partial charge in [0.1, 0.15) is 0 Å². The summed E-state index contributed by atoms with van der Waals surface area (Å²) >= 11 is 0. The second-order valence-corrected chi connectivity index (χ2v) is 3.49. The lowest BCUT2D eigenvalue weighted by Crippen LogP contribution is -2.00. The molecule has 0 unspecified atom stereocenters. The molecule has 1 aliphatic heterocycles. The molecule has 0 aliphatic carbocycles. The first-order valence-corrected chi connectivity index (χ1v) is 4.90. The molecule has 0 atom stereocenters. The molecule has 0 aromatic heterocycles. The number of hydrogen-bond acceptors (Lipinski definition) is 3. The van der Waals surface area contributed by atoms with Crippen molar-refractivity contribution in [3.63, 3.8) is 0 Å². The number of ether oxygens (including phenoxy) is 2. The molecular weight excluding hydrogens is 178 g/mol. The van der Waals surface area contributed by atoms with Gasteiger partial charge in [0.15, 0.2) is 11.5 Å². The third kappa shape index (κ3) is 1.68. The maximum atomic E-state index is 5.61. The molecule has 2 rings (SSSR count). The standard InChI is InChI=1S/C11H15NO2/c1-8-5-9(7-12)6-10-11(8)14-4-2-3-13-10/h5-6H,2-4,7,12H2,1H3. The van der Waals surface area contributed by atoms with Gasteiger partial charge in [-0.2, -0.15) is 0 Å². The Morgan fingerprint density at radius 3 is 2.86 bits per heavy atom. The van der Waals surface area contributed by atoms with Gasteiger partial charge in [-0.15, -0.1) is 0 Å². The lowest BCUT2D eigenvalue weighted by atomic mass is 10.1. The minimum absolute atomic E-state index is 0.539. The molecule has 1 aromatic rings. The number of hydrogen-bond donors (Lipinski definition) is 1. The SMILES string of the molecule is Cc1cc(CN)cc2c1OCCCO2. The van der Waals surface area contributed by atoms with Crippen LogP contribution in [0.1, 0.15) is 17.5 Å². The summed E-state index contributed by atoms with van der Waals surface area (Å²) in [4.78, 5) is 0. The Morgan fingerprint density at radius 2 is 2.07 bits per heavy atom. The Balaban J connectivity index is 2.43. The van der Waals surface area contributed by atoms with Crippen LogP contribution in [0.25, 0.3) is 0 Å². The molecule has 0 fully saturated rings. The summed E-state index contributed by atoms with van der Waals surface area (Å²) in [6.45, 7) is 4.01. The molecule has 14 heavy (non-hydrogen) atoms. The first kappa shape index (κ1) is 9.34. The average Bonchev–Trinajstić information content (AvgIpc) is 2.42. The van der Waals surface area contributed by atoms with Crippen LogP contribution >= 0.6 is 0 Å². The molecule has 1 aromatic carbocycles. The van der Waals surface area contributed by atoms with Gasteiger partial charge < -0.3 is 15.2 Å². The zero-order chi connectivity index (χ0) is 9.97. The third-order valence-corrected chi connectivity index (χ3v) is 2.33. The van der Waals surface area contributed by atoms with E-state index in [1.54, 1.807) is 0 Å². The van der Waals surface area contributed by atoms with E-state index in [1.165, 1.54) is 0 Å². The highest BCUT2D eigenvalue weighted by Crippen LogP contribution is 2.34. The zero-order valence-corrected chi connectivity index (χ0v) is 8.38. The zero-order valence-electron chi connectivity index (χ0n) is 8.38. The molecule has 0 bridgehead atoms. The molecule has 1 heterocycles. The maximum absolute atomic E-state index is 5.61. The highest BCUT2D eigenvalue weighted by molar-refractivity contribution is 5.49. The Labute approximate surface area is 83.8 Å². The van der Waals surface area contributed by atoms with Crippen molar-refractivity contribution in [2.45, 2.75) is 19.9 Å². The number of rotatable bonds is 1. The van der Waals surface area contributed by atoms with Crippen molar-refractivity contribution < 1.29 is 9.47 Å². The van der Waals surface area contributed by atoms with Gasteiger partial charge in [-0.05, 0) is 24.1 Å². The predicted molar refractivity (Wildman–Crippen MR) is 54.7 cm³/mol. The van der Waals surface area contributed by atoms with Crippen LogP contribution in [0.5, 0.6) is 11.5 Å². The molecule has 0 saturated heterocycles. The van der Waals surface area contributed by atoms with Crippen LogP contribution in [-0.2, 0) is 6.54 Å². The third-order valence-electron chi connectivity index (χ3n) is 2.33. The van der Waals surface area contributed by atoms with E-state index in [1.807, 2.05) is 19.1 Å². The van der Waals surface area contributed by atoms with Crippen molar-refractivity contribution >= 4 is 0 Å². The first-order valence-electron chi connectivity index (χ1n) is 4.90. The monoisotopic (exact) mass is 193 g/mol. The second-order valence-electron chi connectivity index (χ2n) is 3.49. The molecule has 76 valence electrons. The molecule has 0 spiro atoms. The topological polar surface area (TPSA) is 44.5 Å². The molecule has 3 heteroatoms. The van der Waals surface area contributed by atoms with E-state index in [0.717, 1.165) is 42.3 Å². The van der Waals surface area contributed by atoms with E-state index in [4.69, 9.17) is 15.2 Å². The lowest BCUT2D eigenvalue weighted by Gasteiger charge is -2.11. The molecule has 0 saturated carbocycles. The normalized spacial score (nSPS) is 15.0. The molecule has 0 amide bonds. The van der Waals surface area contributed by atoms with Crippen LogP contribution in [0.3, 0.4) is 0 Å². The van der Waals surface area contributed by atoms with Gasteiger partial charge in [-0.25, -0.2) is 0 Å². The molecule has 2 N–H and O–H groups in total. The Hall–Kier alpha value is -1.22. The highest BCUT2D eigenvalue weighted by atomic mass is 16.5. The van der Waals surface area contributed by atoms with Gasteiger partial charge in [0.25, 0.3) is 0 Å². The van der Waals surface area contributed by atoms with E-state index in [-0.39, 0.29) is 0 Å². The fourth-order valence-corrected chi connectivity index (χ4v) is 1.64. The average molecular weight is 193 g/mol. The maximum Gasteiger partial charge on any atom is 0.164 e. The van der Waals surface area contributed by atoms with Crippen LogP contribution in [0, 0.1) is 6.92 Å². The van der Waals surface area contributed by atoms with Crippen LogP contribution in [-0.4, -0.2) is 13.2 Å². The van der Waals surface area contributed by atoms with E-state index in [0.29, 0.717) is 6.54 Å². The van der Waals surface area contributed by atoms with E-state index in [9.17, 15) is 0 Å². The van der Waals surface area contributed by atoms with Crippen molar-refractivity contribution in [3.05, 3.63) is 23.3 Å². The highest BCUT2D eigenvalue weighted by Gasteiger charge is 2.13. The summed E-state index contributed by atoms with van der Waals surface area (Å²) in [5, 5.41) is 0. The molecule has 0 radical (unpaired) electrons. The molecular formula is C11H15NO2. The minimum Gasteiger partial charge on any atom is -0.490 e. The summed E-state index contributed by atoms with van der Waals surface area (Å²) in [7, 11) is 0. The fraction of sp³-hybridized carbons (Fsp3) is 0.455. The van der Waals surface area contributed by atoms with E-state index in [2.05, 4.69) is 0 Å². The van der Waals surface area contributed by atoms with Gasteiger partial charge in [-0.3, -0.25) is 0 Å². The smallest absolute Gasteiger partial charge is 0.164 e. The van der Waals surface area contributed by atoms with Crippen molar-refractivity contribution in [2.75, 3.05) is 13.2 Å². The van der Waals surface area contributed by atoms with Crippen LogP contribution in [0.2, 0.25) is 0 Å². The van der Waals surface area contributed by atoms with Crippen LogP contribution < -0.4 is 15.2 Å². The van der Waals surface area contributed by atoms with Gasteiger partial charge in [0, 0.05) is 13.0 Å². The lowest BCUT2D eigenvalue weighted by molar-refractivity contribution is 0.296.